The number of fused-ring (bicyclic) bond motifs is 1. The second kappa shape index (κ2) is 4.67. The summed E-state index contributed by atoms with van der Waals surface area (Å²) in [5.41, 5.74) is -0.412. The molecule has 0 aromatic carbocycles. The summed E-state index contributed by atoms with van der Waals surface area (Å²) in [4.78, 5) is 25.1. The standard InChI is InChI=1S/C16H20O6/c1-8-6-11-9-7-10(14(18)19-3)12(15(11,2)22-8)16(20-4,21-5)13(9)17/h6-7,9,11-12H,1-5H3/t9-,11+,12+,15+/m1/s1. The van der Waals surface area contributed by atoms with Gasteiger partial charge in [-0.15, -0.1) is 0 Å². The van der Waals surface area contributed by atoms with Crippen LogP contribution in [0.15, 0.2) is 23.5 Å². The van der Waals surface area contributed by atoms with E-state index in [1.165, 1.54) is 21.3 Å². The monoisotopic (exact) mass is 308 g/mol. The SMILES string of the molecule is COC(=O)C1=C[C@H]2C(=O)C(OC)(OC)[C@@H]1[C@@]1(C)OC(C)=C[C@@H]21. The van der Waals surface area contributed by atoms with Crippen molar-refractivity contribution in [1.29, 1.82) is 0 Å². The zero-order valence-electron chi connectivity index (χ0n) is 13.3. The molecule has 0 aromatic heterocycles. The molecule has 1 aliphatic heterocycles. The summed E-state index contributed by atoms with van der Waals surface area (Å²) >= 11 is 0. The third-order valence-corrected chi connectivity index (χ3v) is 5.14. The van der Waals surface area contributed by atoms with Crippen LogP contribution in [-0.2, 0) is 28.5 Å². The molecule has 4 aliphatic rings. The van der Waals surface area contributed by atoms with Gasteiger partial charge in [0.25, 0.3) is 0 Å². The number of ketones is 1. The van der Waals surface area contributed by atoms with Gasteiger partial charge in [-0.25, -0.2) is 4.79 Å². The lowest BCUT2D eigenvalue weighted by Gasteiger charge is -2.56. The maximum absolute atomic E-state index is 12.9. The summed E-state index contributed by atoms with van der Waals surface area (Å²) in [6.45, 7) is 3.73. The van der Waals surface area contributed by atoms with Crippen molar-refractivity contribution in [2.75, 3.05) is 21.3 Å². The number of methoxy groups -OCH3 is 3. The minimum Gasteiger partial charge on any atom is -0.491 e. The first kappa shape index (κ1) is 15.2. The van der Waals surface area contributed by atoms with Gasteiger partial charge in [0.2, 0.25) is 5.79 Å². The average Bonchev–Trinajstić information content (AvgIpc) is 2.83. The summed E-state index contributed by atoms with van der Waals surface area (Å²) in [5, 5.41) is 0. The fraction of sp³-hybridized carbons (Fsp3) is 0.625. The quantitative estimate of drug-likeness (QED) is 0.576. The number of carbonyl (C=O) groups excluding carboxylic acids is 2. The molecule has 1 heterocycles. The van der Waals surface area contributed by atoms with Gasteiger partial charge in [0.05, 0.1) is 24.7 Å². The molecule has 6 nitrogen and oxygen atoms in total. The molecule has 0 amide bonds. The van der Waals surface area contributed by atoms with Crippen molar-refractivity contribution in [3.8, 4) is 0 Å². The molecule has 0 radical (unpaired) electrons. The van der Waals surface area contributed by atoms with Crippen molar-refractivity contribution in [2.24, 2.45) is 17.8 Å². The highest BCUT2D eigenvalue weighted by Crippen LogP contribution is 2.59. The van der Waals surface area contributed by atoms with Gasteiger partial charge in [-0.2, -0.15) is 0 Å². The van der Waals surface area contributed by atoms with E-state index in [-0.39, 0.29) is 11.7 Å². The van der Waals surface area contributed by atoms with Crippen molar-refractivity contribution in [3.63, 3.8) is 0 Å². The van der Waals surface area contributed by atoms with Crippen LogP contribution >= 0.6 is 0 Å². The van der Waals surface area contributed by atoms with Crippen molar-refractivity contribution in [2.45, 2.75) is 25.2 Å². The molecular weight excluding hydrogens is 288 g/mol. The summed E-state index contributed by atoms with van der Waals surface area (Å²) in [5.74, 6) is -2.86. The second-order valence-corrected chi connectivity index (χ2v) is 6.10. The number of Topliss-reactive ketones (excluding diaryl/α,β-unsaturated/α-hetero) is 1. The van der Waals surface area contributed by atoms with Gasteiger partial charge in [0, 0.05) is 25.7 Å². The van der Waals surface area contributed by atoms with Crippen LogP contribution in [0, 0.1) is 17.8 Å². The summed E-state index contributed by atoms with van der Waals surface area (Å²) < 4.78 is 21.9. The first-order valence-corrected chi connectivity index (χ1v) is 7.17. The van der Waals surface area contributed by atoms with Crippen LogP contribution in [0.4, 0.5) is 0 Å². The van der Waals surface area contributed by atoms with Crippen LogP contribution in [0.3, 0.4) is 0 Å². The molecule has 6 heteroatoms. The smallest absolute Gasteiger partial charge is 0.334 e. The number of hydrogen-bond donors (Lipinski definition) is 0. The number of esters is 1. The van der Waals surface area contributed by atoms with Crippen LogP contribution in [0.5, 0.6) is 0 Å². The van der Waals surface area contributed by atoms with E-state index in [2.05, 4.69) is 0 Å². The molecule has 0 saturated heterocycles. The average molecular weight is 308 g/mol. The highest BCUT2D eigenvalue weighted by Gasteiger charge is 2.72. The Morgan fingerprint density at radius 2 is 1.86 bits per heavy atom. The maximum Gasteiger partial charge on any atom is 0.334 e. The Morgan fingerprint density at radius 3 is 2.41 bits per heavy atom. The van der Waals surface area contributed by atoms with E-state index in [1.807, 2.05) is 19.9 Å². The highest BCUT2D eigenvalue weighted by atomic mass is 16.7. The van der Waals surface area contributed by atoms with E-state index in [9.17, 15) is 9.59 Å². The second-order valence-electron chi connectivity index (χ2n) is 6.10. The van der Waals surface area contributed by atoms with E-state index in [0.29, 0.717) is 5.57 Å². The Morgan fingerprint density at radius 1 is 1.23 bits per heavy atom. The molecule has 120 valence electrons. The topological polar surface area (TPSA) is 71.1 Å². The zero-order valence-corrected chi connectivity index (χ0v) is 13.3. The number of carbonyl (C=O) groups is 2. The lowest BCUT2D eigenvalue weighted by atomic mass is 9.54. The van der Waals surface area contributed by atoms with E-state index in [4.69, 9.17) is 18.9 Å². The predicted octanol–water partition coefficient (Wildman–Crippen LogP) is 1.21. The Hall–Kier alpha value is -1.66. The summed E-state index contributed by atoms with van der Waals surface area (Å²) in [6.07, 6.45) is 3.62. The van der Waals surface area contributed by atoms with Crippen molar-refractivity contribution in [1.82, 2.24) is 0 Å². The molecule has 22 heavy (non-hydrogen) atoms. The van der Waals surface area contributed by atoms with Gasteiger partial charge in [-0.3, -0.25) is 4.79 Å². The van der Waals surface area contributed by atoms with E-state index < -0.39 is 29.2 Å². The molecule has 2 bridgehead atoms. The fourth-order valence-corrected chi connectivity index (χ4v) is 4.30. The summed E-state index contributed by atoms with van der Waals surface area (Å²) in [6, 6.07) is 0. The molecule has 0 aromatic rings. The first-order chi connectivity index (χ1) is 10.4. The number of rotatable bonds is 3. The molecule has 4 rings (SSSR count). The normalized spacial score (nSPS) is 38.0. The number of allylic oxidation sites excluding steroid dienone is 2. The minimum absolute atomic E-state index is 0.142. The minimum atomic E-state index is -1.54. The van der Waals surface area contributed by atoms with Gasteiger partial charge in [-0.05, 0) is 19.9 Å². The van der Waals surface area contributed by atoms with Crippen molar-refractivity contribution >= 4 is 11.8 Å². The van der Waals surface area contributed by atoms with E-state index >= 15 is 0 Å². The van der Waals surface area contributed by atoms with Crippen molar-refractivity contribution < 1.29 is 28.5 Å². The van der Waals surface area contributed by atoms with Gasteiger partial charge in [0.1, 0.15) is 5.60 Å². The van der Waals surface area contributed by atoms with E-state index in [1.54, 1.807) is 6.08 Å². The van der Waals surface area contributed by atoms with Gasteiger partial charge in [-0.1, -0.05) is 6.08 Å². The number of hydrogen-bond acceptors (Lipinski definition) is 6. The Labute approximate surface area is 129 Å². The predicted molar refractivity (Wildman–Crippen MR) is 75.6 cm³/mol. The fourth-order valence-electron chi connectivity index (χ4n) is 4.30. The summed E-state index contributed by atoms with van der Waals surface area (Å²) in [7, 11) is 4.13. The van der Waals surface area contributed by atoms with Gasteiger partial charge >= 0.3 is 5.97 Å². The molecule has 0 spiro atoms. The molecule has 1 fully saturated rings. The first-order valence-electron chi connectivity index (χ1n) is 7.17. The molecule has 0 unspecified atom stereocenters. The zero-order chi connectivity index (χ0) is 16.3. The molecule has 3 aliphatic carbocycles. The lowest BCUT2D eigenvalue weighted by molar-refractivity contribution is -0.273. The van der Waals surface area contributed by atoms with Gasteiger partial charge < -0.3 is 18.9 Å². The van der Waals surface area contributed by atoms with Gasteiger partial charge in [0.15, 0.2) is 5.78 Å². The lowest BCUT2D eigenvalue weighted by Crippen LogP contribution is -2.70. The van der Waals surface area contributed by atoms with Crippen LogP contribution in [0.1, 0.15) is 13.8 Å². The Kier molecular flexibility index (Phi) is 3.23. The third-order valence-electron chi connectivity index (χ3n) is 5.14. The van der Waals surface area contributed by atoms with Crippen LogP contribution in [0.2, 0.25) is 0 Å². The molecule has 1 saturated carbocycles. The molecular formula is C16H20O6. The van der Waals surface area contributed by atoms with E-state index in [0.717, 1.165) is 5.76 Å². The Bertz CT molecular complexity index is 600. The number of ether oxygens (including phenoxy) is 4. The van der Waals surface area contributed by atoms with Crippen molar-refractivity contribution in [3.05, 3.63) is 23.5 Å². The maximum atomic E-state index is 12.9. The largest absolute Gasteiger partial charge is 0.491 e. The van der Waals surface area contributed by atoms with Crippen LogP contribution in [-0.4, -0.2) is 44.5 Å². The van der Waals surface area contributed by atoms with Crippen LogP contribution in [0.25, 0.3) is 0 Å². The highest BCUT2D eigenvalue weighted by molar-refractivity contribution is 6.01. The third kappa shape index (κ3) is 1.57. The Balaban J connectivity index is 2.22. The van der Waals surface area contributed by atoms with Crippen LogP contribution < -0.4 is 0 Å². The molecule has 0 N–H and O–H groups in total. The molecule has 4 atom stereocenters.